The number of benzene rings is 2. The first-order chi connectivity index (χ1) is 16.3. The molecule has 0 spiro atoms. The molecular weight excluding hydrogens is 424 g/mol. The Kier molecular flexibility index (Phi) is 5.62. The number of ketones is 1. The summed E-state index contributed by atoms with van der Waals surface area (Å²) in [5.41, 5.74) is 8.06. The molecule has 6 heteroatoms. The number of hydrogen-bond acceptors (Lipinski definition) is 5. The average molecular weight is 455 g/mol. The summed E-state index contributed by atoms with van der Waals surface area (Å²) in [5.74, 6) is 0.126. The number of anilines is 3. The fraction of sp³-hybridized carbons (Fsp3) is 0.286. The predicted molar refractivity (Wildman–Crippen MR) is 137 cm³/mol. The Morgan fingerprint density at radius 1 is 1.12 bits per heavy atom. The molecule has 0 saturated carbocycles. The van der Waals surface area contributed by atoms with Gasteiger partial charge in [-0.05, 0) is 69.0 Å². The summed E-state index contributed by atoms with van der Waals surface area (Å²) in [6, 6.07) is 14.3. The average Bonchev–Trinajstić information content (AvgIpc) is 3.39. The predicted octanol–water partition coefficient (Wildman–Crippen LogP) is 5.63. The Morgan fingerprint density at radius 2 is 1.97 bits per heavy atom. The van der Waals surface area contributed by atoms with E-state index in [4.69, 9.17) is 0 Å². The summed E-state index contributed by atoms with van der Waals surface area (Å²) in [4.78, 5) is 19.6. The second-order valence-corrected chi connectivity index (χ2v) is 9.54. The van der Waals surface area contributed by atoms with Crippen LogP contribution in [-0.2, 0) is 18.4 Å². The van der Waals surface area contributed by atoms with Gasteiger partial charge in [0.25, 0.3) is 0 Å². The first-order valence-electron chi connectivity index (χ1n) is 11.8. The second-order valence-electron chi connectivity index (χ2n) is 9.54. The molecule has 34 heavy (non-hydrogen) atoms. The Morgan fingerprint density at radius 3 is 2.76 bits per heavy atom. The summed E-state index contributed by atoms with van der Waals surface area (Å²) in [6.45, 7) is 6.52. The molecule has 4 N–H and O–H groups in total. The van der Waals surface area contributed by atoms with Gasteiger partial charge < -0.3 is 20.7 Å². The van der Waals surface area contributed by atoms with Crippen LogP contribution < -0.4 is 10.6 Å². The van der Waals surface area contributed by atoms with E-state index in [1.54, 1.807) is 6.20 Å². The number of nitrogens with one attached hydrogen (secondary N) is 3. The smallest absolute Gasteiger partial charge is 0.181 e. The zero-order valence-electron chi connectivity index (χ0n) is 19.8. The molecule has 1 aliphatic rings. The number of hydrogen-bond donors (Lipinski definition) is 4. The van der Waals surface area contributed by atoms with Crippen molar-refractivity contribution < 1.29 is 9.90 Å². The summed E-state index contributed by atoms with van der Waals surface area (Å²) < 4.78 is 0. The molecule has 2 heterocycles. The monoisotopic (exact) mass is 454 g/mol. The maximum Gasteiger partial charge on any atom is 0.181 e. The van der Waals surface area contributed by atoms with Crippen molar-refractivity contribution in [3.05, 3.63) is 82.8 Å². The van der Waals surface area contributed by atoms with E-state index >= 15 is 0 Å². The van der Waals surface area contributed by atoms with Crippen LogP contribution in [-0.4, -0.2) is 27.4 Å². The maximum absolute atomic E-state index is 12.0. The molecule has 1 aliphatic carbocycles. The number of carbonyl (C=O) groups is 1. The molecule has 0 saturated heterocycles. The normalized spacial score (nSPS) is 13.4. The van der Waals surface area contributed by atoms with Gasteiger partial charge in [0, 0.05) is 58.9 Å². The molecule has 0 aliphatic heterocycles. The Labute approximate surface area is 199 Å². The van der Waals surface area contributed by atoms with E-state index in [1.165, 1.54) is 5.56 Å². The van der Waals surface area contributed by atoms with E-state index < -0.39 is 5.60 Å². The number of fused-ring (bicyclic) bond motifs is 2. The van der Waals surface area contributed by atoms with Gasteiger partial charge in [-0.15, -0.1) is 0 Å². The van der Waals surface area contributed by atoms with E-state index in [2.05, 4.69) is 51.8 Å². The highest BCUT2D eigenvalue weighted by atomic mass is 16.3. The largest absolute Gasteiger partial charge is 0.386 e. The topological polar surface area (TPSA) is 90.0 Å². The Bertz CT molecular complexity index is 1380. The number of rotatable bonds is 7. The van der Waals surface area contributed by atoms with Crippen molar-refractivity contribution in [2.45, 2.75) is 45.6 Å². The number of pyridine rings is 1. The molecule has 0 atom stereocenters. The molecule has 2 aromatic carbocycles. The van der Waals surface area contributed by atoms with Gasteiger partial charge in [-0.2, -0.15) is 0 Å². The first-order valence-corrected chi connectivity index (χ1v) is 11.8. The van der Waals surface area contributed by atoms with Crippen LogP contribution in [0, 0.1) is 6.92 Å². The minimum absolute atomic E-state index is 0.126. The lowest BCUT2D eigenvalue weighted by Gasteiger charge is -2.18. The Balaban J connectivity index is 1.26. The van der Waals surface area contributed by atoms with Crippen molar-refractivity contribution in [1.29, 1.82) is 0 Å². The number of carbonyl (C=O) groups excluding carboxylic acids is 1. The molecule has 0 fully saturated rings. The number of aromatic amines is 1. The van der Waals surface area contributed by atoms with Crippen LogP contribution in [0.4, 0.5) is 17.1 Å². The van der Waals surface area contributed by atoms with E-state index in [1.807, 2.05) is 38.2 Å². The summed E-state index contributed by atoms with van der Waals surface area (Å²) in [7, 11) is 0. The lowest BCUT2D eigenvalue weighted by Crippen LogP contribution is -2.15. The number of Topliss-reactive ketones (excluding diaryl/α,β-unsaturated/α-hetero) is 1. The lowest BCUT2D eigenvalue weighted by molar-refractivity contribution is 0.0800. The van der Waals surface area contributed by atoms with Crippen molar-refractivity contribution in [3.63, 3.8) is 0 Å². The molecule has 0 unspecified atom stereocenters. The van der Waals surface area contributed by atoms with Crippen LogP contribution in [0.15, 0.2) is 54.9 Å². The van der Waals surface area contributed by atoms with E-state index in [0.29, 0.717) is 12.1 Å². The highest BCUT2D eigenvalue weighted by Crippen LogP contribution is 2.31. The number of nitrogens with zero attached hydrogens (tertiary/aromatic N) is 1. The third-order valence-corrected chi connectivity index (χ3v) is 6.60. The van der Waals surface area contributed by atoms with Crippen LogP contribution in [0.2, 0.25) is 0 Å². The molecule has 0 bridgehead atoms. The first kappa shape index (κ1) is 22.2. The van der Waals surface area contributed by atoms with Gasteiger partial charge in [0.05, 0.1) is 11.1 Å². The quantitative estimate of drug-likeness (QED) is 0.291. The summed E-state index contributed by atoms with van der Waals surface area (Å²) in [6.07, 6.45) is 5.89. The van der Waals surface area contributed by atoms with Gasteiger partial charge in [0.1, 0.15) is 5.69 Å². The van der Waals surface area contributed by atoms with Crippen LogP contribution >= 0.6 is 0 Å². The molecule has 174 valence electrons. The van der Waals surface area contributed by atoms with Crippen molar-refractivity contribution in [2.24, 2.45) is 0 Å². The SMILES string of the molecule is Cc1cc(Nc2ccnc3c2CCC3=O)ccc1NCCc1c[nH]c2c(C(C)(C)O)cccc12. The third-order valence-electron chi connectivity index (χ3n) is 6.60. The summed E-state index contributed by atoms with van der Waals surface area (Å²) in [5, 5.41) is 18.6. The summed E-state index contributed by atoms with van der Waals surface area (Å²) >= 11 is 0. The van der Waals surface area contributed by atoms with Crippen molar-refractivity contribution in [2.75, 3.05) is 17.2 Å². The number of aromatic nitrogens is 2. The van der Waals surface area contributed by atoms with Crippen LogP contribution in [0.25, 0.3) is 10.9 Å². The highest BCUT2D eigenvalue weighted by Gasteiger charge is 2.23. The standard InChI is InChI=1S/C28H30N4O2/c1-17-15-19(32-24-12-14-30-27-21(24)8-10-25(27)33)7-9-23(17)29-13-11-18-16-31-26-20(18)5-4-6-22(26)28(2,3)34/h4-7,9,12,14-16,29,31,34H,8,10-11,13H2,1-3H3,(H,30,32). The van der Waals surface area contributed by atoms with E-state index in [9.17, 15) is 9.90 Å². The third kappa shape index (κ3) is 4.17. The van der Waals surface area contributed by atoms with Gasteiger partial charge in [0.15, 0.2) is 5.78 Å². The maximum atomic E-state index is 12.0. The molecular formula is C28H30N4O2. The molecule has 5 rings (SSSR count). The van der Waals surface area contributed by atoms with E-state index in [-0.39, 0.29) is 5.78 Å². The molecule has 0 radical (unpaired) electrons. The lowest BCUT2D eigenvalue weighted by atomic mass is 9.95. The number of H-pyrrole nitrogens is 1. The number of aryl methyl sites for hydroxylation is 1. The van der Waals surface area contributed by atoms with E-state index in [0.717, 1.165) is 64.0 Å². The molecule has 2 aromatic heterocycles. The number of para-hydroxylation sites is 1. The minimum Gasteiger partial charge on any atom is -0.386 e. The molecule has 0 amide bonds. The minimum atomic E-state index is -0.890. The van der Waals surface area contributed by atoms with Gasteiger partial charge in [-0.1, -0.05) is 18.2 Å². The van der Waals surface area contributed by atoms with Crippen molar-refractivity contribution in [3.8, 4) is 0 Å². The van der Waals surface area contributed by atoms with Gasteiger partial charge >= 0.3 is 0 Å². The Hall–Kier alpha value is -3.64. The molecule has 4 aromatic rings. The fourth-order valence-electron chi connectivity index (χ4n) is 4.82. The number of aliphatic hydroxyl groups is 1. The zero-order valence-corrected chi connectivity index (χ0v) is 19.8. The second kappa shape index (κ2) is 8.61. The highest BCUT2D eigenvalue weighted by molar-refractivity contribution is 6.00. The van der Waals surface area contributed by atoms with Crippen molar-refractivity contribution >= 4 is 33.7 Å². The van der Waals surface area contributed by atoms with Gasteiger partial charge in [-0.25, -0.2) is 0 Å². The van der Waals surface area contributed by atoms with Crippen LogP contribution in [0.5, 0.6) is 0 Å². The van der Waals surface area contributed by atoms with Crippen LogP contribution in [0.3, 0.4) is 0 Å². The van der Waals surface area contributed by atoms with Gasteiger partial charge in [0.2, 0.25) is 0 Å². The van der Waals surface area contributed by atoms with Crippen LogP contribution in [0.1, 0.15) is 53.0 Å². The van der Waals surface area contributed by atoms with Crippen molar-refractivity contribution in [1.82, 2.24) is 9.97 Å². The fourth-order valence-corrected chi connectivity index (χ4v) is 4.82. The molecule has 6 nitrogen and oxygen atoms in total. The van der Waals surface area contributed by atoms with Gasteiger partial charge in [-0.3, -0.25) is 9.78 Å². The zero-order chi connectivity index (χ0) is 23.9.